The van der Waals surface area contributed by atoms with Crippen LogP contribution in [0, 0.1) is 5.92 Å². The van der Waals surface area contributed by atoms with Gasteiger partial charge in [-0.2, -0.15) is 0 Å². The van der Waals surface area contributed by atoms with Crippen LogP contribution in [0.1, 0.15) is 13.8 Å². The average Bonchev–Trinajstić information content (AvgIpc) is 2.20. The van der Waals surface area contributed by atoms with E-state index in [1.54, 1.807) is 0 Å². The first kappa shape index (κ1) is 15.2. The topological polar surface area (TPSA) is 24.1 Å². The van der Waals surface area contributed by atoms with E-state index in [-0.39, 0.29) is 0 Å². The fraction of sp³-hybridized carbons (Fsp3) is 0.364. The minimum absolute atomic E-state index is 0.548. The Balaban J connectivity index is 2.72. The first-order valence-corrected chi connectivity index (χ1v) is 7.46. The molecule has 0 aliphatic carbocycles. The van der Waals surface area contributed by atoms with E-state index in [9.17, 15) is 0 Å². The van der Waals surface area contributed by atoms with Crippen molar-refractivity contribution in [3.8, 4) is 0 Å². The van der Waals surface area contributed by atoms with Crippen molar-refractivity contribution < 1.29 is 0 Å². The molecule has 0 spiro atoms. The van der Waals surface area contributed by atoms with Gasteiger partial charge in [0.2, 0.25) is 0 Å². The lowest BCUT2D eigenvalue weighted by atomic mass is 10.2. The van der Waals surface area contributed by atoms with E-state index in [0.29, 0.717) is 16.1 Å². The predicted molar refractivity (Wildman–Crippen MR) is 85.9 cm³/mol. The lowest BCUT2D eigenvalue weighted by Crippen LogP contribution is -2.31. The van der Waals surface area contributed by atoms with E-state index in [4.69, 9.17) is 23.8 Å². The van der Waals surface area contributed by atoms with Gasteiger partial charge < -0.3 is 10.6 Å². The van der Waals surface area contributed by atoms with Gasteiger partial charge in [0.15, 0.2) is 5.11 Å². The van der Waals surface area contributed by atoms with Crippen molar-refractivity contribution in [1.82, 2.24) is 5.32 Å². The molecule has 0 saturated carbocycles. The maximum absolute atomic E-state index is 5.93. The standard InChI is InChI=1S/C11H13Br2ClN2S/c1-6(2)5-15-11(17)16-10-8(12)3-7(14)4-9(10)13/h3-4,6H,5H2,1-2H3,(H2,15,16,17). The smallest absolute Gasteiger partial charge is 0.170 e. The number of thiocarbonyl (C=S) groups is 1. The number of nitrogens with one attached hydrogen (secondary N) is 2. The van der Waals surface area contributed by atoms with Crippen molar-refractivity contribution in [2.24, 2.45) is 5.92 Å². The summed E-state index contributed by atoms with van der Waals surface area (Å²) in [6.45, 7) is 5.10. The molecule has 0 radical (unpaired) electrons. The number of anilines is 1. The van der Waals surface area contributed by atoms with Crippen LogP contribution in [0.2, 0.25) is 5.02 Å². The van der Waals surface area contributed by atoms with Crippen LogP contribution >= 0.6 is 55.7 Å². The van der Waals surface area contributed by atoms with Crippen LogP contribution in [0.15, 0.2) is 21.1 Å². The summed E-state index contributed by atoms with van der Waals surface area (Å²) in [6.07, 6.45) is 0. The molecule has 17 heavy (non-hydrogen) atoms. The first-order valence-electron chi connectivity index (χ1n) is 5.09. The lowest BCUT2D eigenvalue weighted by Gasteiger charge is -2.14. The molecule has 0 bridgehead atoms. The third-order valence-corrected chi connectivity index (χ3v) is 3.63. The van der Waals surface area contributed by atoms with E-state index in [1.165, 1.54) is 0 Å². The van der Waals surface area contributed by atoms with Crippen molar-refractivity contribution in [2.45, 2.75) is 13.8 Å². The van der Waals surface area contributed by atoms with Crippen LogP contribution in [0.3, 0.4) is 0 Å². The molecule has 0 aromatic heterocycles. The molecule has 0 aliphatic heterocycles. The Bertz CT molecular complexity index is 401. The Kier molecular flexibility index (Phi) is 6.20. The number of halogens is 3. The summed E-state index contributed by atoms with van der Waals surface area (Å²) >= 11 is 18.0. The molecule has 0 atom stereocenters. The molecule has 0 heterocycles. The SMILES string of the molecule is CC(C)CNC(=S)Nc1c(Br)cc(Cl)cc1Br. The van der Waals surface area contributed by atoms with E-state index in [0.717, 1.165) is 21.2 Å². The summed E-state index contributed by atoms with van der Waals surface area (Å²) in [5.41, 5.74) is 0.871. The minimum Gasteiger partial charge on any atom is -0.362 e. The quantitative estimate of drug-likeness (QED) is 0.712. The summed E-state index contributed by atoms with van der Waals surface area (Å²) < 4.78 is 1.73. The molecule has 0 unspecified atom stereocenters. The van der Waals surface area contributed by atoms with Gasteiger partial charge in [0, 0.05) is 20.5 Å². The molecular formula is C11H13Br2ClN2S. The summed E-state index contributed by atoms with van der Waals surface area (Å²) in [5.74, 6) is 0.548. The monoisotopic (exact) mass is 398 g/mol. The zero-order valence-corrected chi connectivity index (χ0v) is 14.2. The highest BCUT2D eigenvalue weighted by molar-refractivity contribution is 9.11. The van der Waals surface area contributed by atoms with Crippen molar-refractivity contribution in [2.75, 3.05) is 11.9 Å². The van der Waals surface area contributed by atoms with E-state index < -0.39 is 0 Å². The second-order valence-electron chi connectivity index (χ2n) is 3.97. The van der Waals surface area contributed by atoms with Crippen LogP contribution in [0.25, 0.3) is 0 Å². The molecule has 2 N–H and O–H groups in total. The Morgan fingerprint density at radius 1 is 1.35 bits per heavy atom. The summed E-state index contributed by atoms with van der Waals surface area (Å²) in [6, 6.07) is 3.64. The molecule has 2 nitrogen and oxygen atoms in total. The van der Waals surface area contributed by atoms with Crippen LogP contribution in [0.5, 0.6) is 0 Å². The third-order valence-electron chi connectivity index (χ3n) is 1.92. The lowest BCUT2D eigenvalue weighted by molar-refractivity contribution is 0.627. The van der Waals surface area contributed by atoms with Gasteiger partial charge in [-0.25, -0.2) is 0 Å². The molecule has 1 rings (SSSR count). The van der Waals surface area contributed by atoms with Crippen molar-refractivity contribution in [3.05, 3.63) is 26.1 Å². The first-order chi connectivity index (χ1) is 7.90. The van der Waals surface area contributed by atoms with Gasteiger partial charge >= 0.3 is 0 Å². The minimum atomic E-state index is 0.548. The fourth-order valence-electron chi connectivity index (χ4n) is 1.12. The Morgan fingerprint density at radius 2 is 1.88 bits per heavy atom. The van der Waals surface area contributed by atoms with E-state index in [1.807, 2.05) is 12.1 Å². The van der Waals surface area contributed by atoms with Gasteiger partial charge in [-0.1, -0.05) is 25.4 Å². The number of hydrogen-bond donors (Lipinski definition) is 2. The average molecular weight is 401 g/mol. The van der Waals surface area contributed by atoms with Gasteiger partial charge in [0.1, 0.15) is 0 Å². The molecule has 1 aromatic rings. The molecule has 0 amide bonds. The van der Waals surface area contributed by atoms with Gasteiger partial charge in [0.05, 0.1) is 5.69 Å². The van der Waals surface area contributed by atoms with Gasteiger partial charge in [0.25, 0.3) is 0 Å². The van der Waals surface area contributed by atoms with Crippen LogP contribution in [0.4, 0.5) is 5.69 Å². The molecular weight excluding hydrogens is 387 g/mol. The highest BCUT2D eigenvalue weighted by Gasteiger charge is 2.08. The summed E-state index contributed by atoms with van der Waals surface area (Å²) in [7, 11) is 0. The second kappa shape index (κ2) is 6.92. The molecule has 94 valence electrons. The number of rotatable bonds is 3. The fourth-order valence-corrected chi connectivity index (χ4v) is 3.17. The van der Waals surface area contributed by atoms with Crippen molar-refractivity contribution in [1.29, 1.82) is 0 Å². The second-order valence-corrected chi connectivity index (χ2v) is 6.53. The zero-order valence-electron chi connectivity index (χ0n) is 9.48. The van der Waals surface area contributed by atoms with Gasteiger partial charge in [-0.15, -0.1) is 0 Å². The molecule has 0 fully saturated rings. The van der Waals surface area contributed by atoms with Crippen LogP contribution < -0.4 is 10.6 Å². The van der Waals surface area contributed by atoms with Crippen molar-refractivity contribution in [3.63, 3.8) is 0 Å². The normalized spacial score (nSPS) is 10.5. The van der Waals surface area contributed by atoms with Gasteiger partial charge in [-0.3, -0.25) is 0 Å². The van der Waals surface area contributed by atoms with E-state index in [2.05, 4.69) is 56.3 Å². The maximum Gasteiger partial charge on any atom is 0.170 e. The predicted octanol–water partition coefficient (Wildman–Crippen LogP) is 4.81. The molecule has 0 saturated heterocycles. The summed E-state index contributed by atoms with van der Waals surface area (Å²) in [5, 5.41) is 7.54. The highest BCUT2D eigenvalue weighted by atomic mass is 79.9. The largest absolute Gasteiger partial charge is 0.362 e. The third kappa shape index (κ3) is 5.12. The number of hydrogen-bond acceptors (Lipinski definition) is 1. The Labute approximate surface area is 129 Å². The van der Waals surface area contributed by atoms with Crippen LogP contribution in [-0.2, 0) is 0 Å². The zero-order chi connectivity index (χ0) is 13.0. The van der Waals surface area contributed by atoms with E-state index >= 15 is 0 Å². The molecule has 6 heteroatoms. The summed E-state index contributed by atoms with van der Waals surface area (Å²) in [4.78, 5) is 0. The number of benzene rings is 1. The molecule has 1 aromatic carbocycles. The maximum atomic E-state index is 5.93. The molecule has 0 aliphatic rings. The Hall–Kier alpha value is 0.160. The van der Waals surface area contributed by atoms with Crippen LogP contribution in [-0.4, -0.2) is 11.7 Å². The Morgan fingerprint density at radius 3 is 2.35 bits per heavy atom. The van der Waals surface area contributed by atoms with Gasteiger partial charge in [-0.05, 0) is 62.1 Å². The van der Waals surface area contributed by atoms with Crippen molar-refractivity contribution >= 4 is 66.5 Å². The highest BCUT2D eigenvalue weighted by Crippen LogP contribution is 2.34.